The molecule has 25 heavy (non-hydrogen) atoms. The Labute approximate surface area is 146 Å². The average Bonchev–Trinajstić information content (AvgIpc) is 2.98. The quantitative estimate of drug-likeness (QED) is 0.732. The second kappa shape index (κ2) is 6.24. The number of benzene rings is 2. The third-order valence-electron chi connectivity index (χ3n) is 4.49. The Balaban J connectivity index is 1.97. The zero-order chi connectivity index (χ0) is 18.2. The van der Waals surface area contributed by atoms with Gasteiger partial charge in [0.1, 0.15) is 11.6 Å². The number of anilines is 1. The first-order valence-electron chi connectivity index (χ1n) is 8.06. The number of carbonyl (C=O) groups is 1. The highest BCUT2D eigenvalue weighted by Crippen LogP contribution is 2.33. The van der Waals surface area contributed by atoms with Crippen molar-refractivity contribution in [3.05, 3.63) is 59.5 Å². The molecule has 0 spiro atoms. The molecule has 5 heteroatoms. The lowest BCUT2D eigenvalue weighted by molar-refractivity contribution is -0.120. The number of amides is 1. The molecular formula is C20H21FN2O2. The normalized spacial score (nSPS) is 11.6. The molecule has 0 aliphatic heterocycles. The van der Waals surface area contributed by atoms with Crippen LogP contribution >= 0.6 is 0 Å². The van der Waals surface area contributed by atoms with Crippen LogP contribution in [0.1, 0.15) is 25.0 Å². The third kappa shape index (κ3) is 3.09. The summed E-state index contributed by atoms with van der Waals surface area (Å²) in [4.78, 5) is 16.1. The maximum absolute atomic E-state index is 13.6. The van der Waals surface area contributed by atoms with E-state index in [4.69, 9.17) is 4.74 Å². The molecule has 1 amide bonds. The molecule has 0 aliphatic carbocycles. The summed E-state index contributed by atoms with van der Waals surface area (Å²) in [5.41, 5.74) is 2.31. The van der Waals surface area contributed by atoms with Gasteiger partial charge in [0.2, 0.25) is 5.91 Å². The molecule has 130 valence electrons. The molecule has 0 radical (unpaired) electrons. The van der Waals surface area contributed by atoms with E-state index in [0.29, 0.717) is 16.8 Å². The van der Waals surface area contributed by atoms with Crippen LogP contribution in [0.2, 0.25) is 0 Å². The molecule has 0 bridgehead atoms. The van der Waals surface area contributed by atoms with Crippen molar-refractivity contribution in [1.82, 2.24) is 4.98 Å². The Morgan fingerprint density at radius 3 is 2.68 bits per heavy atom. The minimum absolute atomic E-state index is 0.193. The number of ether oxygens (including phenoxy) is 1. The molecule has 1 aromatic heterocycles. The number of nitrogens with one attached hydrogen (secondary N) is 2. The lowest BCUT2D eigenvalue weighted by Gasteiger charge is -2.24. The molecule has 4 nitrogen and oxygen atoms in total. The summed E-state index contributed by atoms with van der Waals surface area (Å²) >= 11 is 0. The highest BCUT2D eigenvalue weighted by atomic mass is 19.1. The van der Waals surface area contributed by atoms with E-state index in [9.17, 15) is 9.18 Å². The largest absolute Gasteiger partial charge is 0.495 e. The summed E-state index contributed by atoms with van der Waals surface area (Å²) in [7, 11) is 1.56. The van der Waals surface area contributed by atoms with Gasteiger partial charge in [-0.2, -0.15) is 0 Å². The van der Waals surface area contributed by atoms with Crippen LogP contribution in [0.25, 0.3) is 10.9 Å². The van der Waals surface area contributed by atoms with Crippen molar-refractivity contribution in [2.75, 3.05) is 12.4 Å². The summed E-state index contributed by atoms with van der Waals surface area (Å²) in [6.45, 7) is 5.58. The summed E-state index contributed by atoms with van der Waals surface area (Å²) in [6.07, 6.45) is 1.76. The topological polar surface area (TPSA) is 54.1 Å². The SMILES string of the molecule is COc1ccc(C)cc1NC(=O)C(C)(C)c1c[nH]c2ccc(F)cc12. The van der Waals surface area contributed by atoms with Crippen molar-refractivity contribution in [3.63, 3.8) is 0 Å². The number of halogens is 1. The summed E-state index contributed by atoms with van der Waals surface area (Å²) < 4.78 is 19.0. The van der Waals surface area contributed by atoms with Crippen molar-refractivity contribution in [2.24, 2.45) is 0 Å². The smallest absolute Gasteiger partial charge is 0.234 e. The highest BCUT2D eigenvalue weighted by Gasteiger charge is 2.33. The van der Waals surface area contributed by atoms with Crippen LogP contribution in [0.15, 0.2) is 42.6 Å². The Morgan fingerprint density at radius 2 is 1.96 bits per heavy atom. The molecule has 0 saturated carbocycles. The fraction of sp³-hybridized carbons (Fsp3) is 0.250. The van der Waals surface area contributed by atoms with Gasteiger partial charge in [-0.15, -0.1) is 0 Å². The first kappa shape index (κ1) is 17.0. The van der Waals surface area contributed by atoms with E-state index in [1.54, 1.807) is 19.4 Å². The Hall–Kier alpha value is -2.82. The van der Waals surface area contributed by atoms with Gasteiger partial charge in [-0.05, 0) is 62.2 Å². The van der Waals surface area contributed by atoms with Crippen LogP contribution in [0, 0.1) is 12.7 Å². The van der Waals surface area contributed by atoms with Gasteiger partial charge >= 0.3 is 0 Å². The number of carbonyl (C=O) groups excluding carboxylic acids is 1. The number of fused-ring (bicyclic) bond motifs is 1. The molecule has 0 atom stereocenters. The lowest BCUT2D eigenvalue weighted by atomic mass is 9.83. The predicted molar refractivity (Wildman–Crippen MR) is 97.6 cm³/mol. The van der Waals surface area contributed by atoms with E-state index in [-0.39, 0.29) is 11.7 Å². The standard InChI is InChI=1S/C20H21FN2O2/c1-12-5-8-18(25-4)17(9-12)23-19(24)20(2,3)15-11-22-16-7-6-13(21)10-14(15)16/h5-11,22H,1-4H3,(H,23,24). The molecule has 1 heterocycles. The monoisotopic (exact) mass is 340 g/mol. The van der Waals surface area contributed by atoms with Crippen LogP contribution < -0.4 is 10.1 Å². The minimum atomic E-state index is -0.860. The number of hydrogen-bond acceptors (Lipinski definition) is 2. The average molecular weight is 340 g/mol. The van der Waals surface area contributed by atoms with Crippen molar-refractivity contribution in [1.29, 1.82) is 0 Å². The number of aryl methyl sites for hydroxylation is 1. The maximum atomic E-state index is 13.6. The highest BCUT2D eigenvalue weighted by molar-refractivity contribution is 6.02. The van der Waals surface area contributed by atoms with Crippen molar-refractivity contribution in [3.8, 4) is 5.75 Å². The van der Waals surface area contributed by atoms with Crippen LogP contribution in [0.4, 0.5) is 10.1 Å². The van der Waals surface area contributed by atoms with Crippen molar-refractivity contribution >= 4 is 22.5 Å². The summed E-state index contributed by atoms with van der Waals surface area (Å²) in [5.74, 6) is 0.0752. The maximum Gasteiger partial charge on any atom is 0.234 e. The zero-order valence-electron chi connectivity index (χ0n) is 14.7. The molecule has 2 N–H and O–H groups in total. The number of hydrogen-bond donors (Lipinski definition) is 2. The number of methoxy groups -OCH3 is 1. The molecular weight excluding hydrogens is 319 g/mol. The van der Waals surface area contributed by atoms with E-state index in [1.165, 1.54) is 12.1 Å². The van der Waals surface area contributed by atoms with Gasteiger partial charge in [-0.3, -0.25) is 4.79 Å². The first-order chi connectivity index (χ1) is 11.8. The molecule has 0 unspecified atom stereocenters. The van der Waals surface area contributed by atoms with Crippen molar-refractivity contribution < 1.29 is 13.9 Å². The Bertz CT molecular complexity index is 944. The van der Waals surface area contributed by atoms with Gasteiger partial charge < -0.3 is 15.0 Å². The van der Waals surface area contributed by atoms with Crippen LogP contribution in [0.5, 0.6) is 5.75 Å². The van der Waals surface area contributed by atoms with Crippen molar-refractivity contribution in [2.45, 2.75) is 26.2 Å². The fourth-order valence-corrected chi connectivity index (χ4v) is 2.93. The second-order valence-electron chi connectivity index (χ2n) is 6.68. The number of aromatic amines is 1. The van der Waals surface area contributed by atoms with E-state index in [1.807, 2.05) is 39.0 Å². The number of H-pyrrole nitrogens is 1. The van der Waals surface area contributed by atoms with E-state index < -0.39 is 5.41 Å². The third-order valence-corrected chi connectivity index (χ3v) is 4.49. The number of aromatic nitrogens is 1. The predicted octanol–water partition coefficient (Wildman–Crippen LogP) is 4.54. The van der Waals surface area contributed by atoms with Gasteiger partial charge in [-0.1, -0.05) is 6.07 Å². The van der Waals surface area contributed by atoms with Crippen LogP contribution in [-0.2, 0) is 10.2 Å². The number of rotatable bonds is 4. The van der Waals surface area contributed by atoms with Gasteiger partial charge in [-0.25, -0.2) is 4.39 Å². The van der Waals surface area contributed by atoms with Gasteiger partial charge in [0.05, 0.1) is 18.2 Å². The Morgan fingerprint density at radius 1 is 1.20 bits per heavy atom. The van der Waals surface area contributed by atoms with Gasteiger partial charge in [0.25, 0.3) is 0 Å². The zero-order valence-corrected chi connectivity index (χ0v) is 14.7. The fourth-order valence-electron chi connectivity index (χ4n) is 2.93. The minimum Gasteiger partial charge on any atom is -0.495 e. The lowest BCUT2D eigenvalue weighted by Crippen LogP contribution is -2.34. The molecule has 2 aromatic carbocycles. The second-order valence-corrected chi connectivity index (χ2v) is 6.68. The van der Waals surface area contributed by atoms with Crippen LogP contribution in [-0.4, -0.2) is 18.0 Å². The molecule has 3 rings (SSSR count). The molecule has 0 saturated heterocycles. The van der Waals surface area contributed by atoms with E-state index in [0.717, 1.165) is 16.6 Å². The Kier molecular flexibility index (Phi) is 4.25. The van der Waals surface area contributed by atoms with Gasteiger partial charge in [0, 0.05) is 17.1 Å². The van der Waals surface area contributed by atoms with Crippen LogP contribution in [0.3, 0.4) is 0 Å². The van der Waals surface area contributed by atoms with Gasteiger partial charge in [0.15, 0.2) is 0 Å². The molecule has 0 fully saturated rings. The molecule has 3 aromatic rings. The van der Waals surface area contributed by atoms with E-state index >= 15 is 0 Å². The first-order valence-corrected chi connectivity index (χ1v) is 8.06. The molecule has 0 aliphatic rings. The summed E-state index contributed by atoms with van der Waals surface area (Å²) in [6, 6.07) is 10.1. The summed E-state index contributed by atoms with van der Waals surface area (Å²) in [5, 5.41) is 3.64. The van der Waals surface area contributed by atoms with E-state index in [2.05, 4.69) is 10.3 Å².